The van der Waals surface area contributed by atoms with Gasteiger partial charge in [0.1, 0.15) is 18.1 Å². The molecule has 7 N–H and O–H groups in total. The maximum Gasteiger partial charge on any atom is 0.326 e. The van der Waals surface area contributed by atoms with Crippen molar-refractivity contribution in [3.05, 3.63) is 0 Å². The summed E-state index contributed by atoms with van der Waals surface area (Å²) in [5.41, 5.74) is 5.52. The zero-order chi connectivity index (χ0) is 23.6. The molecule has 0 aliphatic heterocycles. The van der Waals surface area contributed by atoms with E-state index in [2.05, 4.69) is 16.0 Å². The molecule has 0 aromatic heterocycles. The summed E-state index contributed by atoms with van der Waals surface area (Å²) in [6.45, 7) is 8.50. The van der Waals surface area contributed by atoms with Crippen LogP contribution in [0.3, 0.4) is 0 Å². The highest BCUT2D eigenvalue weighted by molar-refractivity contribution is 5.95. The fraction of sp³-hybridized carbons (Fsp3) is 0.737. The molecule has 3 amide bonds. The number of aliphatic carboxylic acids is 2. The molecule has 0 saturated heterocycles. The molecule has 0 aliphatic rings. The smallest absolute Gasteiger partial charge is 0.326 e. The average molecular weight is 431 g/mol. The topological polar surface area (TPSA) is 188 Å². The Kier molecular flexibility index (Phi) is 11.6. The number of hydrogen-bond acceptors (Lipinski definition) is 6. The van der Waals surface area contributed by atoms with Crippen LogP contribution in [0.5, 0.6) is 0 Å². The minimum Gasteiger partial charge on any atom is -0.481 e. The van der Waals surface area contributed by atoms with E-state index in [0.29, 0.717) is 6.42 Å². The number of hydrogen-bond donors (Lipinski definition) is 6. The molecule has 11 nitrogen and oxygen atoms in total. The van der Waals surface area contributed by atoms with Crippen LogP contribution in [0.2, 0.25) is 0 Å². The number of nitrogens with one attached hydrogen (secondary N) is 3. The normalized spacial score (nSPS) is 16.0. The second kappa shape index (κ2) is 12.8. The minimum absolute atomic E-state index is 0.0397. The molecule has 5 atom stereocenters. The van der Waals surface area contributed by atoms with Gasteiger partial charge < -0.3 is 31.9 Å². The molecule has 172 valence electrons. The number of rotatable bonds is 13. The van der Waals surface area contributed by atoms with Crippen LogP contribution in [0.1, 0.15) is 53.9 Å². The summed E-state index contributed by atoms with van der Waals surface area (Å²) >= 11 is 0. The molecule has 0 aromatic rings. The number of nitrogens with two attached hydrogens (primary N) is 1. The summed E-state index contributed by atoms with van der Waals surface area (Å²) < 4.78 is 0. The van der Waals surface area contributed by atoms with E-state index in [1.807, 2.05) is 0 Å². The SMILES string of the molecule is CCC(C)C(NC(=O)C(C)N)C(=O)NC(CC(=O)O)C(=O)NC(CC(C)C)C(=O)O. The number of carboxylic acid groups (broad SMARTS) is 2. The van der Waals surface area contributed by atoms with Crippen LogP contribution in [-0.4, -0.2) is 64.0 Å². The molecule has 0 bridgehead atoms. The van der Waals surface area contributed by atoms with Crippen LogP contribution < -0.4 is 21.7 Å². The van der Waals surface area contributed by atoms with E-state index in [1.54, 1.807) is 27.7 Å². The summed E-state index contributed by atoms with van der Waals surface area (Å²) in [6.07, 6.45) is -0.0998. The zero-order valence-electron chi connectivity index (χ0n) is 18.1. The fourth-order valence-corrected chi connectivity index (χ4v) is 2.60. The van der Waals surface area contributed by atoms with Crippen LogP contribution in [0.15, 0.2) is 0 Å². The maximum atomic E-state index is 12.7. The Bertz CT molecular complexity index is 636. The third kappa shape index (κ3) is 9.68. The monoisotopic (exact) mass is 430 g/mol. The third-order valence-electron chi connectivity index (χ3n) is 4.54. The fourth-order valence-electron chi connectivity index (χ4n) is 2.60. The average Bonchev–Trinajstić information content (AvgIpc) is 2.62. The molecule has 0 fully saturated rings. The van der Waals surface area contributed by atoms with Gasteiger partial charge in [-0.2, -0.15) is 0 Å². The maximum absolute atomic E-state index is 12.7. The quantitative estimate of drug-likeness (QED) is 0.224. The van der Waals surface area contributed by atoms with Crippen molar-refractivity contribution in [3.8, 4) is 0 Å². The van der Waals surface area contributed by atoms with Gasteiger partial charge in [0.2, 0.25) is 17.7 Å². The first-order valence-corrected chi connectivity index (χ1v) is 9.91. The lowest BCUT2D eigenvalue weighted by Gasteiger charge is -2.27. The highest BCUT2D eigenvalue weighted by Crippen LogP contribution is 2.10. The van der Waals surface area contributed by atoms with E-state index < -0.39 is 60.2 Å². The summed E-state index contributed by atoms with van der Waals surface area (Å²) in [4.78, 5) is 59.8. The number of carboxylic acids is 2. The van der Waals surface area contributed by atoms with E-state index in [9.17, 15) is 29.1 Å². The van der Waals surface area contributed by atoms with Crippen molar-refractivity contribution in [2.24, 2.45) is 17.6 Å². The molecular formula is C19H34N4O7. The summed E-state index contributed by atoms with van der Waals surface area (Å²) in [6, 6.07) is -4.64. The Balaban J connectivity index is 5.51. The third-order valence-corrected chi connectivity index (χ3v) is 4.54. The standard InChI is InChI=1S/C19H34N4O7/c1-6-10(4)15(23-16(26)11(5)20)18(28)21-12(8-14(24)25)17(27)22-13(19(29)30)7-9(2)3/h9-13,15H,6-8,20H2,1-5H3,(H,21,28)(H,22,27)(H,23,26)(H,24,25)(H,29,30). The van der Waals surface area contributed by atoms with Gasteiger partial charge in [-0.3, -0.25) is 19.2 Å². The predicted molar refractivity (Wildman–Crippen MR) is 108 cm³/mol. The van der Waals surface area contributed by atoms with Crippen molar-refractivity contribution in [1.82, 2.24) is 16.0 Å². The first-order chi connectivity index (χ1) is 13.8. The Morgan fingerprint density at radius 2 is 1.37 bits per heavy atom. The van der Waals surface area contributed by atoms with Gasteiger partial charge in [-0.1, -0.05) is 34.1 Å². The second-order valence-corrected chi connectivity index (χ2v) is 7.85. The molecule has 0 radical (unpaired) electrons. The van der Waals surface area contributed by atoms with Gasteiger partial charge in [0.25, 0.3) is 0 Å². The molecule has 0 saturated carbocycles. The Labute approximate surface area is 176 Å². The molecule has 0 rings (SSSR count). The Morgan fingerprint density at radius 1 is 0.833 bits per heavy atom. The van der Waals surface area contributed by atoms with Crippen molar-refractivity contribution in [2.45, 2.75) is 78.0 Å². The van der Waals surface area contributed by atoms with Crippen molar-refractivity contribution in [2.75, 3.05) is 0 Å². The number of amides is 3. The highest BCUT2D eigenvalue weighted by Gasteiger charge is 2.33. The Hall–Kier alpha value is -2.69. The van der Waals surface area contributed by atoms with E-state index in [-0.39, 0.29) is 18.3 Å². The van der Waals surface area contributed by atoms with Crippen molar-refractivity contribution in [3.63, 3.8) is 0 Å². The van der Waals surface area contributed by atoms with E-state index in [1.165, 1.54) is 6.92 Å². The summed E-state index contributed by atoms with van der Waals surface area (Å²) in [5, 5.41) is 25.5. The lowest BCUT2D eigenvalue weighted by atomic mass is 9.97. The van der Waals surface area contributed by atoms with Crippen molar-refractivity contribution >= 4 is 29.7 Å². The molecule has 5 unspecified atom stereocenters. The minimum atomic E-state index is -1.51. The lowest BCUT2D eigenvalue weighted by Crippen LogP contribution is -2.58. The largest absolute Gasteiger partial charge is 0.481 e. The molecule has 0 heterocycles. The van der Waals surface area contributed by atoms with Gasteiger partial charge in [-0.15, -0.1) is 0 Å². The molecular weight excluding hydrogens is 396 g/mol. The van der Waals surface area contributed by atoms with Crippen molar-refractivity contribution < 1.29 is 34.2 Å². The van der Waals surface area contributed by atoms with E-state index in [0.717, 1.165) is 0 Å². The number of carbonyl (C=O) groups excluding carboxylic acids is 3. The van der Waals surface area contributed by atoms with Gasteiger partial charge in [-0.25, -0.2) is 4.79 Å². The van der Waals surface area contributed by atoms with Crippen LogP contribution in [0.4, 0.5) is 0 Å². The Morgan fingerprint density at radius 3 is 1.77 bits per heavy atom. The zero-order valence-corrected chi connectivity index (χ0v) is 18.1. The highest BCUT2D eigenvalue weighted by atomic mass is 16.4. The predicted octanol–water partition coefficient (Wildman–Crippen LogP) is -0.560. The molecule has 11 heteroatoms. The van der Waals surface area contributed by atoms with E-state index >= 15 is 0 Å². The second-order valence-electron chi connectivity index (χ2n) is 7.85. The molecule has 0 spiro atoms. The van der Waals surface area contributed by atoms with Crippen molar-refractivity contribution in [1.29, 1.82) is 0 Å². The van der Waals surface area contributed by atoms with Crippen LogP contribution >= 0.6 is 0 Å². The van der Waals surface area contributed by atoms with Gasteiger partial charge in [0, 0.05) is 0 Å². The van der Waals surface area contributed by atoms with Gasteiger partial charge in [0.05, 0.1) is 12.5 Å². The number of carbonyl (C=O) groups is 5. The lowest BCUT2D eigenvalue weighted by molar-refractivity contribution is -0.144. The van der Waals surface area contributed by atoms with Gasteiger partial charge >= 0.3 is 11.9 Å². The first-order valence-electron chi connectivity index (χ1n) is 9.91. The van der Waals surface area contributed by atoms with Crippen LogP contribution in [0.25, 0.3) is 0 Å². The van der Waals surface area contributed by atoms with Gasteiger partial charge in [-0.05, 0) is 25.2 Å². The first kappa shape index (κ1) is 27.3. The van der Waals surface area contributed by atoms with Crippen LogP contribution in [0, 0.1) is 11.8 Å². The molecule has 30 heavy (non-hydrogen) atoms. The summed E-state index contributed by atoms with van der Waals surface area (Å²) in [5.74, 6) is -5.24. The molecule has 0 aliphatic carbocycles. The van der Waals surface area contributed by atoms with Gasteiger partial charge in [0.15, 0.2) is 0 Å². The summed E-state index contributed by atoms with van der Waals surface area (Å²) in [7, 11) is 0. The van der Waals surface area contributed by atoms with Crippen LogP contribution in [-0.2, 0) is 24.0 Å². The van der Waals surface area contributed by atoms with E-state index in [4.69, 9.17) is 10.8 Å². The molecule has 0 aromatic carbocycles.